The molecule has 0 unspecified atom stereocenters. The van der Waals surface area contributed by atoms with Crippen LogP contribution >= 0.6 is 0 Å². The van der Waals surface area contributed by atoms with E-state index in [0.717, 1.165) is 11.1 Å². The Morgan fingerprint density at radius 2 is 1.52 bits per heavy atom. The molecule has 1 fully saturated rings. The number of piperidine rings is 1. The number of amides is 3. The highest BCUT2D eigenvalue weighted by Gasteiger charge is 2.44. The lowest BCUT2D eigenvalue weighted by Crippen LogP contribution is -2.50. The van der Waals surface area contributed by atoms with Crippen molar-refractivity contribution in [2.75, 3.05) is 18.4 Å². The van der Waals surface area contributed by atoms with Gasteiger partial charge >= 0.3 is 18.1 Å². The van der Waals surface area contributed by atoms with Crippen LogP contribution in [0.25, 0.3) is 0 Å². The van der Waals surface area contributed by atoms with Gasteiger partial charge in [-0.15, -0.1) is 0 Å². The summed E-state index contributed by atoms with van der Waals surface area (Å²) >= 11 is 0. The number of rotatable bonds is 5. The number of hydrogen-bond acceptors (Lipinski definition) is 4. The van der Waals surface area contributed by atoms with Crippen molar-refractivity contribution in [3.05, 3.63) is 29.3 Å². The first-order valence-corrected chi connectivity index (χ1v) is 11.6. The maximum Gasteiger partial charge on any atom is 0.471 e. The third-order valence-corrected chi connectivity index (χ3v) is 7.08. The topological polar surface area (TPSA) is 95.6 Å². The minimum absolute atomic E-state index is 0.0844. The van der Waals surface area contributed by atoms with Gasteiger partial charge in [0.25, 0.3) is 0 Å². The average molecular weight is 464 g/mol. The van der Waals surface area contributed by atoms with E-state index in [2.05, 4.69) is 5.32 Å². The molecule has 1 aromatic rings. The predicted molar refractivity (Wildman–Crippen MR) is 111 cm³/mol. The SMILES string of the molecule is CC(C)c1cccc(C(C)C)c1NC(=O)NS(=O)(=O)C1CCN(C(=O)C(F)(F)F)CC1. The fourth-order valence-electron chi connectivity index (χ4n) is 3.60. The van der Waals surface area contributed by atoms with Crippen molar-refractivity contribution in [1.29, 1.82) is 0 Å². The van der Waals surface area contributed by atoms with Crippen molar-refractivity contribution in [2.45, 2.75) is 63.8 Å². The molecular formula is C20H28F3N3O4S. The Balaban J connectivity index is 2.09. The monoisotopic (exact) mass is 463 g/mol. The van der Waals surface area contributed by atoms with Crippen LogP contribution in [0.3, 0.4) is 0 Å². The van der Waals surface area contributed by atoms with Crippen LogP contribution in [0.2, 0.25) is 0 Å². The molecular weight excluding hydrogens is 435 g/mol. The summed E-state index contributed by atoms with van der Waals surface area (Å²) in [5, 5.41) is 1.57. The van der Waals surface area contributed by atoms with Crippen LogP contribution < -0.4 is 10.0 Å². The highest BCUT2D eigenvalue weighted by Crippen LogP contribution is 2.32. The molecule has 0 atom stereocenters. The van der Waals surface area contributed by atoms with Crippen molar-refractivity contribution in [2.24, 2.45) is 0 Å². The van der Waals surface area contributed by atoms with Crippen LogP contribution in [0.1, 0.15) is 63.5 Å². The largest absolute Gasteiger partial charge is 0.471 e. The normalized spacial score (nSPS) is 16.0. The number of hydrogen-bond donors (Lipinski definition) is 2. The van der Waals surface area contributed by atoms with Gasteiger partial charge < -0.3 is 10.2 Å². The molecule has 0 saturated carbocycles. The van der Waals surface area contributed by atoms with Crippen molar-refractivity contribution < 1.29 is 31.2 Å². The molecule has 11 heteroatoms. The Hall–Kier alpha value is -2.30. The number of halogens is 3. The van der Waals surface area contributed by atoms with Gasteiger partial charge in [0.05, 0.1) is 5.25 Å². The number of sulfonamides is 1. The van der Waals surface area contributed by atoms with Gasteiger partial charge in [0.15, 0.2) is 0 Å². The van der Waals surface area contributed by atoms with Crippen molar-refractivity contribution in [3.8, 4) is 0 Å². The number of urea groups is 1. The van der Waals surface area contributed by atoms with E-state index in [1.165, 1.54) is 0 Å². The van der Waals surface area contributed by atoms with Crippen LogP contribution in [0.4, 0.5) is 23.7 Å². The quantitative estimate of drug-likeness (QED) is 0.692. The average Bonchev–Trinajstić information content (AvgIpc) is 2.66. The van der Waals surface area contributed by atoms with Crippen LogP contribution in [-0.2, 0) is 14.8 Å². The summed E-state index contributed by atoms with van der Waals surface area (Å²) < 4.78 is 64.8. The predicted octanol–water partition coefficient (Wildman–Crippen LogP) is 3.94. The first-order chi connectivity index (χ1) is 14.2. The number of para-hydroxylation sites is 1. The third kappa shape index (κ3) is 6.11. The summed E-state index contributed by atoms with van der Waals surface area (Å²) in [6.07, 6.45) is -5.38. The Kier molecular flexibility index (Phi) is 7.61. The Morgan fingerprint density at radius 1 is 1.03 bits per heavy atom. The number of nitrogens with zero attached hydrogens (tertiary/aromatic N) is 1. The Labute approximate surface area is 180 Å². The molecule has 3 amide bonds. The van der Waals surface area contributed by atoms with Gasteiger partial charge in [-0.2, -0.15) is 13.2 Å². The molecule has 1 aliphatic heterocycles. The van der Waals surface area contributed by atoms with E-state index >= 15 is 0 Å². The van der Waals surface area contributed by atoms with Crippen molar-refractivity contribution in [1.82, 2.24) is 9.62 Å². The number of likely N-dealkylation sites (tertiary alicyclic amines) is 1. The highest BCUT2D eigenvalue weighted by atomic mass is 32.2. The molecule has 2 N–H and O–H groups in total. The number of alkyl halides is 3. The first kappa shape index (κ1) is 25.0. The summed E-state index contributed by atoms with van der Waals surface area (Å²) in [4.78, 5) is 24.4. The molecule has 174 valence electrons. The second-order valence-corrected chi connectivity index (χ2v) is 10.2. The summed E-state index contributed by atoms with van der Waals surface area (Å²) in [7, 11) is -4.13. The molecule has 7 nitrogen and oxygen atoms in total. The lowest BCUT2D eigenvalue weighted by atomic mass is 9.93. The second kappa shape index (κ2) is 9.46. The molecule has 1 saturated heterocycles. The summed E-state index contributed by atoms with van der Waals surface area (Å²) in [6.45, 7) is 7.12. The zero-order valence-electron chi connectivity index (χ0n) is 17.9. The molecule has 0 aromatic heterocycles. The maximum absolute atomic E-state index is 12.6. The maximum atomic E-state index is 12.6. The van der Waals surface area contributed by atoms with Gasteiger partial charge in [-0.3, -0.25) is 4.79 Å². The fraction of sp³-hybridized carbons (Fsp3) is 0.600. The lowest BCUT2D eigenvalue weighted by Gasteiger charge is -2.32. The van der Waals surface area contributed by atoms with Gasteiger partial charge in [0.1, 0.15) is 0 Å². The van der Waals surface area contributed by atoms with Crippen molar-refractivity contribution in [3.63, 3.8) is 0 Å². The molecule has 1 aliphatic rings. The number of carbonyl (C=O) groups is 2. The Bertz CT molecular complexity index is 896. The van der Waals surface area contributed by atoms with Gasteiger partial charge in [-0.05, 0) is 35.8 Å². The third-order valence-electron chi connectivity index (χ3n) is 5.26. The van der Waals surface area contributed by atoms with E-state index in [1.807, 2.05) is 50.6 Å². The van der Waals surface area contributed by atoms with Gasteiger partial charge in [0, 0.05) is 18.8 Å². The molecule has 1 heterocycles. The van der Waals surface area contributed by atoms with Gasteiger partial charge in [-0.25, -0.2) is 17.9 Å². The zero-order chi connectivity index (χ0) is 23.6. The first-order valence-electron chi connectivity index (χ1n) is 10.1. The van der Waals surface area contributed by atoms with Gasteiger partial charge in [0.2, 0.25) is 10.0 Å². The molecule has 0 spiro atoms. The lowest BCUT2D eigenvalue weighted by molar-refractivity contribution is -0.186. The number of benzene rings is 1. The highest BCUT2D eigenvalue weighted by molar-refractivity contribution is 7.90. The molecule has 31 heavy (non-hydrogen) atoms. The molecule has 0 bridgehead atoms. The molecule has 0 aliphatic carbocycles. The van der Waals surface area contributed by atoms with E-state index in [9.17, 15) is 31.2 Å². The van der Waals surface area contributed by atoms with Crippen LogP contribution in [-0.4, -0.2) is 49.8 Å². The molecule has 0 radical (unpaired) electrons. The molecule has 1 aromatic carbocycles. The summed E-state index contributed by atoms with van der Waals surface area (Å²) in [5.41, 5.74) is 2.27. The Morgan fingerprint density at radius 3 is 1.94 bits per heavy atom. The smallest absolute Gasteiger partial charge is 0.335 e. The minimum Gasteiger partial charge on any atom is -0.335 e. The number of carbonyl (C=O) groups excluding carboxylic acids is 2. The molecule has 2 rings (SSSR count). The van der Waals surface area contributed by atoms with E-state index in [0.29, 0.717) is 10.6 Å². The number of anilines is 1. The van der Waals surface area contributed by atoms with E-state index in [4.69, 9.17) is 0 Å². The van der Waals surface area contributed by atoms with E-state index in [-0.39, 0.29) is 37.8 Å². The number of nitrogens with one attached hydrogen (secondary N) is 2. The second-order valence-electron chi connectivity index (χ2n) is 8.21. The summed E-state index contributed by atoms with van der Waals surface area (Å²) in [6, 6.07) is 4.66. The van der Waals surface area contributed by atoms with Crippen LogP contribution in [0.15, 0.2) is 18.2 Å². The fourth-order valence-corrected chi connectivity index (χ4v) is 4.90. The van der Waals surface area contributed by atoms with Crippen LogP contribution in [0.5, 0.6) is 0 Å². The van der Waals surface area contributed by atoms with Crippen molar-refractivity contribution >= 4 is 27.6 Å². The standard InChI is InChI=1S/C20H28F3N3O4S/c1-12(2)15-6-5-7-16(13(3)4)17(15)24-19(28)25-31(29,30)14-8-10-26(11-9-14)18(27)20(21,22)23/h5-7,12-14H,8-11H2,1-4H3,(H2,24,25,28). The van der Waals surface area contributed by atoms with E-state index < -0.39 is 33.4 Å². The van der Waals surface area contributed by atoms with E-state index in [1.54, 1.807) is 0 Å². The minimum atomic E-state index is -5.00. The summed E-state index contributed by atoms with van der Waals surface area (Å²) in [5.74, 6) is -1.82. The van der Waals surface area contributed by atoms with Crippen LogP contribution in [0, 0.1) is 0 Å². The van der Waals surface area contributed by atoms with Gasteiger partial charge in [-0.1, -0.05) is 45.9 Å². The zero-order valence-corrected chi connectivity index (χ0v) is 18.7.